The van der Waals surface area contributed by atoms with Gasteiger partial charge in [-0.05, 0) is 22.8 Å². The number of carbonyl (C=O) groups is 3. The van der Waals surface area contributed by atoms with Gasteiger partial charge >= 0.3 is 11.9 Å². The molecule has 9 heteroatoms. The maximum Gasteiger partial charge on any atom is 0.349 e. The number of carboxylic acids is 2. The van der Waals surface area contributed by atoms with Crippen molar-refractivity contribution in [1.29, 1.82) is 0 Å². The number of amides is 1. The Labute approximate surface area is 193 Å². The second kappa shape index (κ2) is 10.3. The Morgan fingerprint density at radius 1 is 1.00 bits per heavy atom. The molecule has 0 aliphatic carbocycles. The maximum atomic E-state index is 12.2. The predicted molar refractivity (Wildman–Crippen MR) is 121 cm³/mol. The summed E-state index contributed by atoms with van der Waals surface area (Å²) in [6.45, 7) is 1.61. The van der Waals surface area contributed by atoms with Crippen LogP contribution in [-0.4, -0.2) is 39.6 Å². The topological polar surface area (TPSA) is 104 Å². The molecule has 0 atom stereocenters. The largest absolute Gasteiger partial charge is 0.479 e. The molecule has 0 bridgehead atoms. The van der Waals surface area contributed by atoms with E-state index in [2.05, 4.69) is 0 Å². The lowest BCUT2D eigenvalue weighted by Crippen LogP contribution is -2.27. The molecule has 0 aliphatic heterocycles. The Hall–Kier alpha value is -3.36. The van der Waals surface area contributed by atoms with E-state index in [1.54, 1.807) is 17.0 Å². The van der Waals surface area contributed by atoms with E-state index in [9.17, 15) is 19.5 Å². The third-order valence-corrected chi connectivity index (χ3v) is 6.25. The van der Waals surface area contributed by atoms with Crippen molar-refractivity contribution in [3.63, 3.8) is 0 Å². The normalized spacial score (nSPS) is 10.6. The zero-order chi connectivity index (χ0) is 23.3. The quantitative estimate of drug-likeness (QED) is 0.463. The van der Waals surface area contributed by atoms with E-state index >= 15 is 0 Å². The molecule has 0 saturated heterocycles. The number of hydrogen-bond acceptors (Lipinski definition) is 5. The fourth-order valence-corrected chi connectivity index (χ4v) is 4.50. The summed E-state index contributed by atoms with van der Waals surface area (Å²) in [5.74, 6) is -2.74. The zero-order valence-electron chi connectivity index (χ0n) is 17.1. The number of nitrogens with zero attached hydrogens (tertiary/aromatic N) is 1. The summed E-state index contributed by atoms with van der Waals surface area (Å²) in [4.78, 5) is 36.6. The summed E-state index contributed by atoms with van der Waals surface area (Å²) >= 11 is 7.28. The minimum absolute atomic E-state index is 0.0403. The highest BCUT2D eigenvalue weighted by atomic mass is 35.5. The predicted octanol–water partition coefficient (Wildman–Crippen LogP) is 4.78. The van der Waals surface area contributed by atoms with Crippen LogP contribution in [0.1, 0.15) is 27.7 Å². The van der Waals surface area contributed by atoms with Crippen molar-refractivity contribution in [3.05, 3.63) is 75.6 Å². The van der Waals surface area contributed by atoms with Crippen LogP contribution < -0.4 is 4.74 Å². The lowest BCUT2D eigenvalue weighted by molar-refractivity contribution is -0.139. The van der Waals surface area contributed by atoms with Crippen LogP contribution in [0.15, 0.2) is 54.6 Å². The van der Waals surface area contributed by atoms with Crippen LogP contribution >= 0.6 is 22.9 Å². The fourth-order valence-electron chi connectivity index (χ4n) is 3.10. The van der Waals surface area contributed by atoms with Crippen LogP contribution in [0, 0.1) is 0 Å². The third kappa shape index (κ3) is 5.66. The number of aliphatic carboxylic acids is 1. The fraction of sp³-hybridized carbons (Fsp3) is 0.174. The summed E-state index contributed by atoms with van der Waals surface area (Å²) in [5, 5.41) is 18.4. The molecular formula is C23H20ClNO6S. The van der Waals surface area contributed by atoms with E-state index < -0.39 is 18.5 Å². The Bertz CT molecular complexity index is 1140. The highest BCUT2D eigenvalue weighted by Gasteiger charge is 2.25. The Morgan fingerprint density at radius 3 is 2.28 bits per heavy atom. The van der Waals surface area contributed by atoms with E-state index in [-0.39, 0.29) is 21.6 Å². The minimum atomic E-state index is -1.26. The van der Waals surface area contributed by atoms with Crippen LogP contribution in [0.4, 0.5) is 0 Å². The van der Waals surface area contributed by atoms with Gasteiger partial charge < -0.3 is 19.8 Å². The second-order valence-electron chi connectivity index (χ2n) is 6.95. The van der Waals surface area contributed by atoms with E-state index in [0.29, 0.717) is 23.5 Å². The molecular weight excluding hydrogens is 454 g/mol. The van der Waals surface area contributed by atoms with Crippen molar-refractivity contribution >= 4 is 40.8 Å². The standard InChI is InChI=1S/C23H20ClNO6S/c1-14(26)25(11-15-6-3-2-4-7-15)12-16-8-5-9-17(10-16)21-19(24)20(31-13-18(27)28)22(32-21)23(29)30/h2-10H,11-13H2,1H3,(H,27,28)(H,29,30). The van der Waals surface area contributed by atoms with Gasteiger partial charge in [0.05, 0.1) is 4.88 Å². The van der Waals surface area contributed by atoms with Gasteiger partial charge in [-0.3, -0.25) is 4.79 Å². The monoisotopic (exact) mass is 473 g/mol. The molecule has 2 N–H and O–H groups in total. The first-order valence-corrected chi connectivity index (χ1v) is 10.7. The first kappa shape index (κ1) is 23.3. The molecule has 1 aromatic heterocycles. The molecule has 7 nitrogen and oxygen atoms in total. The van der Waals surface area contributed by atoms with E-state index in [0.717, 1.165) is 22.5 Å². The first-order chi connectivity index (χ1) is 15.3. The van der Waals surface area contributed by atoms with Gasteiger partial charge in [0.1, 0.15) is 5.02 Å². The molecule has 0 saturated carbocycles. The molecule has 32 heavy (non-hydrogen) atoms. The lowest BCUT2D eigenvalue weighted by Gasteiger charge is -2.21. The van der Waals surface area contributed by atoms with Crippen molar-refractivity contribution in [2.75, 3.05) is 6.61 Å². The summed E-state index contributed by atoms with van der Waals surface area (Å²) in [5.41, 5.74) is 2.49. The summed E-state index contributed by atoms with van der Waals surface area (Å²) in [6.07, 6.45) is 0. The number of ether oxygens (including phenoxy) is 1. The van der Waals surface area contributed by atoms with Crippen molar-refractivity contribution in [2.45, 2.75) is 20.0 Å². The van der Waals surface area contributed by atoms with Crippen molar-refractivity contribution < 1.29 is 29.3 Å². The molecule has 0 spiro atoms. The minimum Gasteiger partial charge on any atom is -0.479 e. The molecule has 1 heterocycles. The Morgan fingerprint density at radius 2 is 1.66 bits per heavy atom. The highest BCUT2D eigenvalue weighted by molar-refractivity contribution is 7.18. The summed E-state index contributed by atoms with van der Waals surface area (Å²) in [6, 6.07) is 16.9. The Kier molecular flexibility index (Phi) is 7.50. The molecule has 0 radical (unpaired) electrons. The van der Waals surface area contributed by atoms with Gasteiger partial charge in [-0.25, -0.2) is 9.59 Å². The number of thiophene rings is 1. The van der Waals surface area contributed by atoms with Crippen molar-refractivity contribution in [2.24, 2.45) is 0 Å². The van der Waals surface area contributed by atoms with Gasteiger partial charge in [0.25, 0.3) is 0 Å². The zero-order valence-corrected chi connectivity index (χ0v) is 18.7. The van der Waals surface area contributed by atoms with Crippen molar-refractivity contribution in [3.8, 4) is 16.2 Å². The van der Waals surface area contributed by atoms with Gasteiger partial charge in [-0.15, -0.1) is 11.3 Å². The van der Waals surface area contributed by atoms with Crippen LogP contribution in [0.25, 0.3) is 10.4 Å². The van der Waals surface area contributed by atoms with E-state index in [1.165, 1.54) is 6.92 Å². The van der Waals surface area contributed by atoms with Crippen LogP contribution in [0.5, 0.6) is 5.75 Å². The lowest BCUT2D eigenvalue weighted by atomic mass is 10.1. The van der Waals surface area contributed by atoms with Crippen LogP contribution in [-0.2, 0) is 22.7 Å². The molecule has 3 rings (SSSR count). The molecule has 2 aromatic carbocycles. The van der Waals surface area contributed by atoms with Gasteiger partial charge in [0.15, 0.2) is 17.2 Å². The number of aromatic carboxylic acids is 1. The van der Waals surface area contributed by atoms with Gasteiger partial charge in [-0.2, -0.15) is 0 Å². The first-order valence-electron chi connectivity index (χ1n) is 9.55. The smallest absolute Gasteiger partial charge is 0.349 e. The van der Waals surface area contributed by atoms with E-state index in [4.69, 9.17) is 21.4 Å². The molecule has 166 valence electrons. The SMILES string of the molecule is CC(=O)N(Cc1ccccc1)Cc1cccc(-c2sc(C(=O)O)c(OCC(=O)O)c2Cl)c1. The average molecular weight is 474 g/mol. The Balaban J connectivity index is 1.89. The number of rotatable bonds is 9. The van der Waals surface area contributed by atoms with Gasteiger partial charge in [0, 0.05) is 20.0 Å². The number of halogens is 1. The number of hydrogen-bond donors (Lipinski definition) is 2. The molecule has 0 unspecified atom stereocenters. The number of carbonyl (C=O) groups excluding carboxylic acids is 1. The number of benzene rings is 2. The van der Waals surface area contributed by atoms with Gasteiger partial charge in [-0.1, -0.05) is 60.1 Å². The van der Waals surface area contributed by atoms with Crippen molar-refractivity contribution in [1.82, 2.24) is 4.90 Å². The highest BCUT2D eigenvalue weighted by Crippen LogP contribution is 2.45. The molecule has 1 amide bonds. The van der Waals surface area contributed by atoms with Crippen LogP contribution in [0.3, 0.4) is 0 Å². The third-order valence-electron chi connectivity index (χ3n) is 4.57. The summed E-state index contributed by atoms with van der Waals surface area (Å²) in [7, 11) is 0. The van der Waals surface area contributed by atoms with Crippen LogP contribution in [0.2, 0.25) is 5.02 Å². The van der Waals surface area contributed by atoms with Gasteiger partial charge in [0.2, 0.25) is 5.91 Å². The second-order valence-corrected chi connectivity index (χ2v) is 8.35. The molecule has 3 aromatic rings. The number of carboxylic acid groups (broad SMARTS) is 2. The molecule has 0 aliphatic rings. The maximum absolute atomic E-state index is 12.2. The van der Waals surface area contributed by atoms with E-state index in [1.807, 2.05) is 42.5 Å². The average Bonchev–Trinajstić information content (AvgIpc) is 3.09. The summed E-state index contributed by atoms with van der Waals surface area (Å²) < 4.78 is 5.13. The molecule has 0 fully saturated rings.